The Hall–Kier alpha value is -2.19. The third-order valence-electron chi connectivity index (χ3n) is 3.42. The molecule has 25 heavy (non-hydrogen) atoms. The summed E-state index contributed by atoms with van der Waals surface area (Å²) in [5, 5.41) is 0. The number of carbonyl (C=O) groups is 1. The largest absolute Gasteiger partial charge is 0.416 e. The number of nitrogens with zero attached hydrogens (tertiary/aromatic N) is 1. The Morgan fingerprint density at radius 3 is 2.28 bits per heavy atom. The number of thiocarbonyl (C=S) groups is 1. The fourth-order valence-electron chi connectivity index (χ4n) is 2.23. The molecule has 0 aromatic heterocycles. The predicted octanol–water partition coefficient (Wildman–Crippen LogP) is 5.25. The average Bonchev–Trinajstić information content (AvgIpc) is 2.82. The molecule has 0 bridgehead atoms. The number of alkyl halides is 3. The molecule has 1 fully saturated rings. The number of amides is 1. The smallest absolute Gasteiger partial charge is 0.268 e. The number of carbonyl (C=O) groups excluding carboxylic acids is 1. The van der Waals surface area contributed by atoms with E-state index in [2.05, 4.69) is 0 Å². The maximum absolute atomic E-state index is 13.9. The molecule has 1 aliphatic rings. The summed E-state index contributed by atoms with van der Waals surface area (Å²) in [6.07, 6.45) is -2.99. The highest BCUT2D eigenvalue weighted by atomic mass is 32.2. The molecule has 0 atom stereocenters. The normalized spacial score (nSPS) is 16.8. The molecule has 2 aromatic rings. The fraction of sp³-hybridized carbons (Fsp3) is 0.0588. The molecule has 1 aliphatic heterocycles. The zero-order valence-corrected chi connectivity index (χ0v) is 14.0. The molecule has 2 aromatic carbocycles. The Morgan fingerprint density at radius 1 is 1.04 bits per heavy atom. The molecule has 0 unspecified atom stereocenters. The number of para-hydroxylation sites is 1. The first-order valence-corrected chi connectivity index (χ1v) is 8.19. The van der Waals surface area contributed by atoms with Gasteiger partial charge in [0.15, 0.2) is 4.32 Å². The van der Waals surface area contributed by atoms with Crippen molar-refractivity contribution in [3.63, 3.8) is 0 Å². The lowest BCUT2D eigenvalue weighted by Gasteiger charge is -2.14. The Morgan fingerprint density at radius 2 is 1.68 bits per heavy atom. The van der Waals surface area contributed by atoms with Crippen molar-refractivity contribution < 1.29 is 22.4 Å². The highest BCUT2D eigenvalue weighted by Crippen LogP contribution is 2.37. The molecule has 0 radical (unpaired) electrons. The van der Waals surface area contributed by atoms with Crippen LogP contribution in [-0.4, -0.2) is 10.2 Å². The summed E-state index contributed by atoms with van der Waals surface area (Å²) in [6, 6.07) is 10.1. The lowest BCUT2D eigenvalue weighted by atomic mass is 10.1. The number of anilines is 1. The van der Waals surface area contributed by atoms with Crippen LogP contribution >= 0.6 is 24.0 Å². The highest BCUT2D eigenvalue weighted by Gasteiger charge is 2.35. The van der Waals surface area contributed by atoms with Crippen LogP contribution in [0.4, 0.5) is 23.2 Å². The van der Waals surface area contributed by atoms with Crippen molar-refractivity contribution in [1.82, 2.24) is 0 Å². The molecule has 0 aliphatic carbocycles. The second kappa shape index (κ2) is 6.61. The summed E-state index contributed by atoms with van der Waals surface area (Å²) in [7, 11) is 0. The van der Waals surface area contributed by atoms with E-state index in [4.69, 9.17) is 12.2 Å². The van der Waals surface area contributed by atoms with E-state index >= 15 is 0 Å². The van der Waals surface area contributed by atoms with Crippen LogP contribution in [-0.2, 0) is 11.0 Å². The second-order valence-electron chi connectivity index (χ2n) is 5.09. The Balaban J connectivity index is 1.89. The van der Waals surface area contributed by atoms with Gasteiger partial charge in [-0.25, -0.2) is 4.39 Å². The van der Waals surface area contributed by atoms with Crippen LogP contribution in [0.3, 0.4) is 0 Å². The van der Waals surface area contributed by atoms with Gasteiger partial charge in [0.25, 0.3) is 5.91 Å². The Labute approximate surface area is 150 Å². The summed E-state index contributed by atoms with van der Waals surface area (Å²) >= 11 is 6.10. The van der Waals surface area contributed by atoms with E-state index in [0.717, 1.165) is 28.8 Å². The SMILES string of the molecule is O=C1/C(=C\c2ccc(C(F)(F)F)cc2)SC(=S)N1c1ccccc1F. The van der Waals surface area contributed by atoms with Crippen molar-refractivity contribution >= 4 is 46.0 Å². The van der Waals surface area contributed by atoms with Crippen LogP contribution in [0, 0.1) is 5.82 Å². The Bertz CT molecular complexity index is 875. The van der Waals surface area contributed by atoms with E-state index in [-0.39, 0.29) is 14.9 Å². The predicted molar refractivity (Wildman–Crippen MR) is 93.5 cm³/mol. The number of hydrogen-bond acceptors (Lipinski definition) is 3. The minimum absolute atomic E-state index is 0.0424. The van der Waals surface area contributed by atoms with E-state index in [0.29, 0.717) is 5.56 Å². The zero-order chi connectivity index (χ0) is 18.2. The first-order chi connectivity index (χ1) is 11.8. The fourth-order valence-corrected chi connectivity index (χ4v) is 3.51. The molecule has 0 N–H and O–H groups in total. The number of thioether (sulfide) groups is 1. The monoisotopic (exact) mass is 383 g/mol. The van der Waals surface area contributed by atoms with Gasteiger partial charge in [-0.3, -0.25) is 9.69 Å². The van der Waals surface area contributed by atoms with E-state index in [1.165, 1.54) is 36.4 Å². The van der Waals surface area contributed by atoms with Crippen LogP contribution in [0.2, 0.25) is 0 Å². The van der Waals surface area contributed by atoms with Gasteiger partial charge in [0.2, 0.25) is 0 Å². The van der Waals surface area contributed by atoms with E-state index in [1.54, 1.807) is 6.07 Å². The minimum Gasteiger partial charge on any atom is -0.268 e. The van der Waals surface area contributed by atoms with Crippen molar-refractivity contribution in [3.05, 3.63) is 70.4 Å². The maximum Gasteiger partial charge on any atom is 0.416 e. The topological polar surface area (TPSA) is 20.3 Å². The Kier molecular flexibility index (Phi) is 4.66. The van der Waals surface area contributed by atoms with Crippen molar-refractivity contribution in [2.45, 2.75) is 6.18 Å². The molecule has 1 amide bonds. The summed E-state index contributed by atoms with van der Waals surface area (Å²) in [6.45, 7) is 0. The molecular weight excluding hydrogens is 374 g/mol. The molecule has 8 heteroatoms. The van der Waals surface area contributed by atoms with Crippen LogP contribution in [0.25, 0.3) is 6.08 Å². The molecule has 128 valence electrons. The van der Waals surface area contributed by atoms with Gasteiger partial charge in [0.1, 0.15) is 5.82 Å². The quantitative estimate of drug-likeness (QED) is 0.401. The van der Waals surface area contributed by atoms with Crippen molar-refractivity contribution in [2.24, 2.45) is 0 Å². The molecule has 0 saturated carbocycles. The maximum atomic E-state index is 13.9. The van der Waals surface area contributed by atoms with Crippen LogP contribution in [0.5, 0.6) is 0 Å². The van der Waals surface area contributed by atoms with E-state index in [1.807, 2.05) is 0 Å². The van der Waals surface area contributed by atoms with Crippen LogP contribution in [0.15, 0.2) is 53.4 Å². The van der Waals surface area contributed by atoms with E-state index < -0.39 is 23.5 Å². The molecule has 0 spiro atoms. The van der Waals surface area contributed by atoms with Gasteiger partial charge in [-0.05, 0) is 35.9 Å². The third kappa shape index (κ3) is 3.59. The molecule has 2 nitrogen and oxygen atoms in total. The number of hydrogen-bond donors (Lipinski definition) is 0. The summed E-state index contributed by atoms with van der Waals surface area (Å²) in [5.74, 6) is -1.10. The van der Waals surface area contributed by atoms with E-state index in [9.17, 15) is 22.4 Å². The van der Waals surface area contributed by atoms with Gasteiger partial charge in [0, 0.05) is 0 Å². The standard InChI is InChI=1S/C17H9F4NOS2/c18-12-3-1-2-4-13(12)22-15(23)14(25-16(22)24)9-10-5-7-11(8-6-10)17(19,20)21/h1-9H/b14-9+. The van der Waals surface area contributed by atoms with Gasteiger partial charge >= 0.3 is 6.18 Å². The lowest BCUT2D eigenvalue weighted by Crippen LogP contribution is -2.28. The van der Waals surface area contributed by atoms with Crippen molar-refractivity contribution in [2.75, 3.05) is 4.90 Å². The lowest BCUT2D eigenvalue weighted by molar-refractivity contribution is -0.137. The van der Waals surface area contributed by atoms with Gasteiger partial charge in [-0.15, -0.1) is 0 Å². The molecule has 1 saturated heterocycles. The van der Waals surface area contributed by atoms with Crippen LogP contribution in [0.1, 0.15) is 11.1 Å². The van der Waals surface area contributed by atoms with Gasteiger partial charge in [0.05, 0.1) is 16.2 Å². The average molecular weight is 383 g/mol. The third-order valence-corrected chi connectivity index (χ3v) is 4.72. The number of rotatable bonds is 2. The number of benzene rings is 2. The molecule has 3 rings (SSSR count). The van der Waals surface area contributed by atoms with Crippen molar-refractivity contribution in [3.8, 4) is 0 Å². The number of halogens is 4. The highest BCUT2D eigenvalue weighted by molar-refractivity contribution is 8.27. The van der Waals surface area contributed by atoms with Gasteiger partial charge < -0.3 is 0 Å². The summed E-state index contributed by atoms with van der Waals surface area (Å²) in [4.78, 5) is 13.8. The molecule has 1 heterocycles. The van der Waals surface area contributed by atoms with Gasteiger partial charge in [-0.2, -0.15) is 13.2 Å². The van der Waals surface area contributed by atoms with Crippen LogP contribution < -0.4 is 4.90 Å². The summed E-state index contributed by atoms with van der Waals surface area (Å²) in [5.41, 5.74) is -0.314. The van der Waals surface area contributed by atoms with Gasteiger partial charge in [-0.1, -0.05) is 48.2 Å². The second-order valence-corrected chi connectivity index (χ2v) is 6.76. The first-order valence-electron chi connectivity index (χ1n) is 6.97. The first kappa shape index (κ1) is 17.6. The summed E-state index contributed by atoms with van der Waals surface area (Å²) < 4.78 is 51.8. The van der Waals surface area contributed by atoms with Crippen molar-refractivity contribution in [1.29, 1.82) is 0 Å². The minimum atomic E-state index is -4.42. The zero-order valence-electron chi connectivity index (χ0n) is 12.4. The molecular formula is C17H9F4NOS2.